The molecule has 1 aromatic rings. The summed E-state index contributed by atoms with van der Waals surface area (Å²) in [5.74, 6) is 0.682. The molecule has 0 atom stereocenters. The lowest BCUT2D eigenvalue weighted by Crippen LogP contribution is -2.12. The molecule has 0 amide bonds. The second kappa shape index (κ2) is 4.72. The van der Waals surface area contributed by atoms with Gasteiger partial charge in [0.25, 0.3) is 0 Å². The van der Waals surface area contributed by atoms with E-state index in [1.165, 1.54) is 31.2 Å². The number of rotatable bonds is 1. The molecular weight excluding hydrogens is 202 g/mol. The van der Waals surface area contributed by atoms with Crippen molar-refractivity contribution in [3.63, 3.8) is 0 Å². The highest BCUT2D eigenvalue weighted by atomic mass is 32.1. The van der Waals surface area contributed by atoms with Crippen LogP contribution in [0.25, 0.3) is 0 Å². The first-order valence-electron chi connectivity index (χ1n) is 5.47. The minimum atomic E-state index is 0.597. The largest absolute Gasteiger partial charge is 0.192 e. The van der Waals surface area contributed by atoms with Crippen LogP contribution in [0.3, 0.4) is 0 Å². The minimum absolute atomic E-state index is 0.597. The van der Waals surface area contributed by atoms with Crippen LogP contribution in [0.1, 0.15) is 42.7 Å². The van der Waals surface area contributed by atoms with Gasteiger partial charge in [-0.1, -0.05) is 12.1 Å². The first-order valence-corrected chi connectivity index (χ1v) is 5.99. The molecule has 15 heavy (non-hydrogen) atoms. The van der Waals surface area contributed by atoms with E-state index >= 15 is 0 Å². The molecule has 1 fully saturated rings. The summed E-state index contributed by atoms with van der Waals surface area (Å²) in [5.41, 5.74) is 2.14. The normalized spacial score (nSPS) is 25.9. The maximum Gasteiger partial charge on any atom is 0.0991 e. The molecule has 0 bridgehead atoms. The molecule has 1 aliphatic rings. The maximum absolute atomic E-state index is 8.71. The van der Waals surface area contributed by atoms with Gasteiger partial charge in [0.05, 0.1) is 11.6 Å². The van der Waals surface area contributed by atoms with E-state index in [-0.39, 0.29) is 0 Å². The van der Waals surface area contributed by atoms with Gasteiger partial charge in [0, 0.05) is 5.25 Å². The van der Waals surface area contributed by atoms with Gasteiger partial charge >= 0.3 is 0 Å². The van der Waals surface area contributed by atoms with Crippen LogP contribution in [0, 0.1) is 11.3 Å². The summed E-state index contributed by atoms with van der Waals surface area (Å²) >= 11 is 4.50. The Bertz CT molecular complexity index is 355. The van der Waals surface area contributed by atoms with E-state index in [1.54, 1.807) is 0 Å². The van der Waals surface area contributed by atoms with Gasteiger partial charge < -0.3 is 0 Å². The fourth-order valence-electron chi connectivity index (χ4n) is 2.24. The Morgan fingerprint density at radius 1 is 1.07 bits per heavy atom. The highest BCUT2D eigenvalue weighted by Gasteiger charge is 2.19. The Morgan fingerprint density at radius 2 is 1.67 bits per heavy atom. The second-order valence-electron chi connectivity index (χ2n) is 4.24. The van der Waals surface area contributed by atoms with Gasteiger partial charge in [-0.2, -0.15) is 17.9 Å². The van der Waals surface area contributed by atoms with Crippen molar-refractivity contribution < 1.29 is 0 Å². The van der Waals surface area contributed by atoms with Crippen LogP contribution >= 0.6 is 12.6 Å². The minimum Gasteiger partial charge on any atom is -0.192 e. The third-order valence-electron chi connectivity index (χ3n) is 3.21. The number of benzene rings is 1. The SMILES string of the molecule is N#Cc1ccc(C2CCC(S)CC2)cc1. The Labute approximate surface area is 96.5 Å². The van der Waals surface area contributed by atoms with Crippen LogP contribution in [-0.4, -0.2) is 5.25 Å². The summed E-state index contributed by atoms with van der Waals surface area (Å²) in [7, 11) is 0. The Kier molecular flexibility index (Phi) is 3.33. The zero-order valence-electron chi connectivity index (χ0n) is 8.69. The van der Waals surface area contributed by atoms with Crippen LogP contribution in [0.15, 0.2) is 24.3 Å². The Balaban J connectivity index is 2.07. The second-order valence-corrected chi connectivity index (χ2v) is 4.97. The molecule has 0 N–H and O–H groups in total. The summed E-state index contributed by atoms with van der Waals surface area (Å²) in [6.07, 6.45) is 4.90. The predicted octanol–water partition coefficient (Wildman–Crippen LogP) is 3.51. The maximum atomic E-state index is 8.71. The number of nitriles is 1. The van der Waals surface area contributed by atoms with Crippen molar-refractivity contribution in [1.82, 2.24) is 0 Å². The van der Waals surface area contributed by atoms with Crippen molar-refractivity contribution >= 4 is 12.6 Å². The van der Waals surface area contributed by atoms with E-state index in [1.807, 2.05) is 12.1 Å². The Hall–Kier alpha value is -0.940. The van der Waals surface area contributed by atoms with Crippen LogP contribution in [0.5, 0.6) is 0 Å². The van der Waals surface area contributed by atoms with Gasteiger partial charge in [0.1, 0.15) is 0 Å². The number of thiol groups is 1. The molecular formula is C13H15NS. The molecule has 0 radical (unpaired) electrons. The van der Waals surface area contributed by atoms with Crippen molar-refractivity contribution in [3.8, 4) is 6.07 Å². The molecule has 0 unspecified atom stereocenters. The van der Waals surface area contributed by atoms with E-state index < -0.39 is 0 Å². The quantitative estimate of drug-likeness (QED) is 0.715. The topological polar surface area (TPSA) is 23.8 Å². The fourth-order valence-corrected chi connectivity index (χ4v) is 2.54. The summed E-state index contributed by atoms with van der Waals surface area (Å²) in [6.45, 7) is 0. The Morgan fingerprint density at radius 3 is 2.20 bits per heavy atom. The third-order valence-corrected chi connectivity index (χ3v) is 3.72. The standard InChI is InChI=1S/C13H15NS/c14-9-10-1-3-11(4-2-10)12-5-7-13(15)8-6-12/h1-4,12-13,15H,5-8H2. The molecule has 0 heterocycles. The molecule has 0 aromatic heterocycles. The van der Waals surface area contributed by atoms with E-state index in [2.05, 4.69) is 30.8 Å². The van der Waals surface area contributed by atoms with E-state index in [9.17, 15) is 0 Å². The summed E-state index contributed by atoms with van der Waals surface area (Å²) in [6, 6.07) is 10.2. The average molecular weight is 217 g/mol. The summed E-state index contributed by atoms with van der Waals surface area (Å²) in [4.78, 5) is 0. The number of hydrogen-bond acceptors (Lipinski definition) is 2. The predicted molar refractivity (Wildman–Crippen MR) is 65.1 cm³/mol. The van der Waals surface area contributed by atoms with Crippen LogP contribution in [0.2, 0.25) is 0 Å². The lowest BCUT2D eigenvalue weighted by molar-refractivity contribution is 0.454. The van der Waals surface area contributed by atoms with Crippen LogP contribution in [0.4, 0.5) is 0 Å². The van der Waals surface area contributed by atoms with Crippen LogP contribution in [-0.2, 0) is 0 Å². The molecule has 0 saturated heterocycles. The van der Waals surface area contributed by atoms with Crippen molar-refractivity contribution in [2.24, 2.45) is 0 Å². The van der Waals surface area contributed by atoms with Crippen molar-refractivity contribution in [1.29, 1.82) is 5.26 Å². The molecule has 78 valence electrons. The highest BCUT2D eigenvalue weighted by Crippen LogP contribution is 2.34. The van der Waals surface area contributed by atoms with Crippen molar-refractivity contribution in [2.75, 3.05) is 0 Å². The van der Waals surface area contributed by atoms with Gasteiger partial charge in [-0.15, -0.1) is 0 Å². The van der Waals surface area contributed by atoms with E-state index in [0.717, 1.165) is 5.56 Å². The van der Waals surface area contributed by atoms with Gasteiger partial charge in [0.15, 0.2) is 0 Å². The smallest absolute Gasteiger partial charge is 0.0991 e. The molecule has 1 aliphatic carbocycles. The summed E-state index contributed by atoms with van der Waals surface area (Å²) < 4.78 is 0. The van der Waals surface area contributed by atoms with Gasteiger partial charge in [-0.25, -0.2) is 0 Å². The molecule has 2 rings (SSSR count). The van der Waals surface area contributed by atoms with Crippen LogP contribution < -0.4 is 0 Å². The first kappa shape index (κ1) is 10.6. The fraction of sp³-hybridized carbons (Fsp3) is 0.462. The van der Waals surface area contributed by atoms with E-state index in [0.29, 0.717) is 11.2 Å². The average Bonchev–Trinajstić information content (AvgIpc) is 2.30. The van der Waals surface area contributed by atoms with Gasteiger partial charge in [-0.3, -0.25) is 0 Å². The molecule has 1 aromatic carbocycles. The molecule has 0 spiro atoms. The van der Waals surface area contributed by atoms with Crippen molar-refractivity contribution in [3.05, 3.63) is 35.4 Å². The van der Waals surface area contributed by atoms with Gasteiger partial charge in [0.2, 0.25) is 0 Å². The zero-order chi connectivity index (χ0) is 10.7. The highest BCUT2D eigenvalue weighted by molar-refractivity contribution is 7.80. The molecule has 0 aliphatic heterocycles. The molecule has 1 nitrogen and oxygen atoms in total. The number of nitrogens with zero attached hydrogens (tertiary/aromatic N) is 1. The third kappa shape index (κ3) is 2.54. The molecule has 1 saturated carbocycles. The number of hydrogen-bond donors (Lipinski definition) is 1. The summed E-state index contributed by atoms with van der Waals surface area (Å²) in [5, 5.41) is 9.31. The van der Waals surface area contributed by atoms with Crippen molar-refractivity contribution in [2.45, 2.75) is 36.9 Å². The molecule has 2 heteroatoms. The van der Waals surface area contributed by atoms with Gasteiger partial charge in [-0.05, 0) is 49.3 Å². The monoisotopic (exact) mass is 217 g/mol. The zero-order valence-corrected chi connectivity index (χ0v) is 9.58. The lowest BCUT2D eigenvalue weighted by Gasteiger charge is -2.25. The first-order chi connectivity index (χ1) is 7.29. The lowest BCUT2D eigenvalue weighted by atomic mass is 9.83. The van der Waals surface area contributed by atoms with E-state index in [4.69, 9.17) is 5.26 Å².